The first-order valence-corrected chi connectivity index (χ1v) is 7.74. The molecule has 0 aromatic heterocycles. The molecule has 1 rings (SSSR count). The molecule has 0 amide bonds. The van der Waals surface area contributed by atoms with E-state index < -0.39 is 0 Å². The zero-order valence-electron chi connectivity index (χ0n) is 11.6. The van der Waals surface area contributed by atoms with Crippen molar-refractivity contribution in [2.24, 2.45) is 16.6 Å². The van der Waals surface area contributed by atoms with Crippen LogP contribution in [0.4, 0.5) is 0 Å². The quantitative estimate of drug-likeness (QED) is 0.458. The molecule has 1 aliphatic rings. The monoisotopic (exact) mass is 271 g/mol. The molecule has 0 radical (unpaired) electrons. The molecule has 0 aliphatic heterocycles. The molecular formula is C13H25N3OS. The first kappa shape index (κ1) is 15.4. The molecule has 0 bridgehead atoms. The predicted molar refractivity (Wildman–Crippen MR) is 79.6 cm³/mol. The highest BCUT2D eigenvalue weighted by molar-refractivity contribution is 8.13. The van der Waals surface area contributed by atoms with E-state index in [4.69, 9.17) is 10.5 Å². The second-order valence-corrected chi connectivity index (χ2v) is 5.44. The fourth-order valence-corrected chi connectivity index (χ4v) is 2.94. The van der Waals surface area contributed by atoms with Gasteiger partial charge in [0, 0.05) is 25.2 Å². The minimum atomic E-state index is -0.132. The Balaban J connectivity index is 2.50. The molecule has 0 aromatic carbocycles. The molecule has 18 heavy (non-hydrogen) atoms. The van der Waals surface area contributed by atoms with Crippen LogP contribution in [0.1, 0.15) is 32.6 Å². The van der Waals surface area contributed by atoms with Crippen LogP contribution in [0.2, 0.25) is 0 Å². The number of ether oxygens (including phenoxy) is 1. The van der Waals surface area contributed by atoms with E-state index in [1.165, 1.54) is 5.04 Å². The molecule has 0 heterocycles. The highest BCUT2D eigenvalue weighted by atomic mass is 32.2. The summed E-state index contributed by atoms with van der Waals surface area (Å²) in [4.78, 5) is 4.65. The first-order chi connectivity index (χ1) is 8.67. The van der Waals surface area contributed by atoms with E-state index in [1.54, 1.807) is 24.2 Å². The molecule has 4 nitrogen and oxygen atoms in total. The second-order valence-electron chi connectivity index (χ2n) is 4.61. The van der Waals surface area contributed by atoms with Gasteiger partial charge >= 0.3 is 0 Å². The van der Waals surface area contributed by atoms with E-state index in [-0.39, 0.29) is 6.23 Å². The fourth-order valence-electron chi connectivity index (χ4n) is 2.12. The van der Waals surface area contributed by atoms with Crippen LogP contribution < -0.4 is 11.1 Å². The van der Waals surface area contributed by atoms with E-state index in [1.807, 2.05) is 14.0 Å². The Bertz CT molecular complexity index is 286. The zero-order chi connectivity index (χ0) is 13.4. The van der Waals surface area contributed by atoms with Gasteiger partial charge < -0.3 is 15.8 Å². The molecule has 0 spiro atoms. The summed E-state index contributed by atoms with van der Waals surface area (Å²) in [5.74, 6) is 0.569. The molecule has 1 saturated carbocycles. The summed E-state index contributed by atoms with van der Waals surface area (Å²) in [6.45, 7) is 1.96. The number of hydrogen-bond donors (Lipinski definition) is 2. The third-order valence-electron chi connectivity index (χ3n) is 3.15. The van der Waals surface area contributed by atoms with E-state index >= 15 is 0 Å². The third kappa shape index (κ3) is 5.31. The van der Waals surface area contributed by atoms with Gasteiger partial charge in [0.2, 0.25) is 0 Å². The van der Waals surface area contributed by atoms with Gasteiger partial charge in [0.05, 0.1) is 5.04 Å². The number of nitrogens with one attached hydrogen (secondary N) is 1. The topological polar surface area (TPSA) is 59.6 Å². The number of thioether (sulfide) groups is 1. The van der Waals surface area contributed by atoms with E-state index in [0.717, 1.165) is 25.7 Å². The van der Waals surface area contributed by atoms with Crippen molar-refractivity contribution in [3.05, 3.63) is 12.5 Å². The first-order valence-electron chi connectivity index (χ1n) is 6.52. The summed E-state index contributed by atoms with van der Waals surface area (Å²) in [5, 5.41) is 4.09. The second kappa shape index (κ2) is 8.43. The SMILES string of the molecule is CN/C=C\OC(C)N=C(SC)C1CCC(N)CC1. The number of aliphatic imine (C=N–C) groups is 1. The van der Waals surface area contributed by atoms with Gasteiger partial charge in [0.15, 0.2) is 6.23 Å². The molecule has 104 valence electrons. The Morgan fingerprint density at radius 3 is 2.67 bits per heavy atom. The summed E-state index contributed by atoms with van der Waals surface area (Å²) in [6, 6.07) is 0.386. The summed E-state index contributed by atoms with van der Waals surface area (Å²) in [5.41, 5.74) is 5.93. The number of nitrogens with zero attached hydrogens (tertiary/aromatic N) is 1. The van der Waals surface area contributed by atoms with Crippen molar-refractivity contribution in [2.75, 3.05) is 13.3 Å². The smallest absolute Gasteiger partial charge is 0.186 e. The maximum absolute atomic E-state index is 5.93. The number of nitrogens with two attached hydrogens (primary N) is 1. The highest BCUT2D eigenvalue weighted by Crippen LogP contribution is 2.28. The van der Waals surface area contributed by atoms with Crippen molar-refractivity contribution in [3.63, 3.8) is 0 Å². The lowest BCUT2D eigenvalue weighted by Gasteiger charge is -2.27. The average Bonchev–Trinajstić information content (AvgIpc) is 2.37. The maximum atomic E-state index is 5.93. The number of hydrogen-bond acceptors (Lipinski definition) is 5. The molecule has 1 atom stereocenters. The molecule has 3 N–H and O–H groups in total. The van der Waals surface area contributed by atoms with Gasteiger partial charge in [-0.3, -0.25) is 0 Å². The van der Waals surface area contributed by atoms with E-state index in [2.05, 4.69) is 16.6 Å². The van der Waals surface area contributed by atoms with E-state index in [0.29, 0.717) is 12.0 Å². The Morgan fingerprint density at radius 2 is 2.11 bits per heavy atom. The van der Waals surface area contributed by atoms with Crippen LogP contribution in [0.15, 0.2) is 17.5 Å². The highest BCUT2D eigenvalue weighted by Gasteiger charge is 2.23. The lowest BCUT2D eigenvalue weighted by atomic mass is 9.87. The van der Waals surface area contributed by atoms with Crippen LogP contribution in [-0.2, 0) is 4.74 Å². The van der Waals surface area contributed by atoms with Crippen LogP contribution >= 0.6 is 11.8 Å². The van der Waals surface area contributed by atoms with Gasteiger partial charge in [0.1, 0.15) is 6.26 Å². The van der Waals surface area contributed by atoms with Gasteiger partial charge in [-0.1, -0.05) is 0 Å². The van der Waals surface area contributed by atoms with Crippen molar-refractivity contribution in [1.29, 1.82) is 0 Å². The number of rotatable bonds is 5. The largest absolute Gasteiger partial charge is 0.475 e. The summed E-state index contributed by atoms with van der Waals surface area (Å²) >= 11 is 1.73. The third-order valence-corrected chi connectivity index (χ3v) is 4.01. The van der Waals surface area contributed by atoms with Crippen LogP contribution in [0.3, 0.4) is 0 Å². The fraction of sp³-hybridized carbons (Fsp3) is 0.769. The molecule has 5 heteroatoms. The maximum Gasteiger partial charge on any atom is 0.186 e. The predicted octanol–water partition coefficient (Wildman–Crippen LogP) is 2.32. The Labute approximate surface area is 114 Å². The van der Waals surface area contributed by atoms with Crippen LogP contribution in [0.5, 0.6) is 0 Å². The summed E-state index contributed by atoms with van der Waals surface area (Å²) in [6.07, 6.45) is 9.88. The van der Waals surface area contributed by atoms with Crippen molar-refractivity contribution < 1.29 is 4.74 Å². The molecule has 1 aliphatic carbocycles. The minimum Gasteiger partial charge on any atom is -0.475 e. The van der Waals surface area contributed by atoms with Crippen LogP contribution in [0.25, 0.3) is 0 Å². The minimum absolute atomic E-state index is 0.132. The van der Waals surface area contributed by atoms with Gasteiger partial charge in [-0.15, -0.1) is 11.8 Å². The van der Waals surface area contributed by atoms with Gasteiger partial charge in [0.25, 0.3) is 0 Å². The lowest BCUT2D eigenvalue weighted by Crippen LogP contribution is -2.29. The Hall–Kier alpha value is -0.680. The van der Waals surface area contributed by atoms with Gasteiger partial charge in [-0.2, -0.15) is 0 Å². The van der Waals surface area contributed by atoms with Crippen molar-refractivity contribution in [1.82, 2.24) is 5.32 Å². The molecule has 1 unspecified atom stereocenters. The lowest BCUT2D eigenvalue weighted by molar-refractivity contribution is 0.169. The van der Waals surface area contributed by atoms with Crippen molar-refractivity contribution in [2.45, 2.75) is 44.9 Å². The summed E-state index contributed by atoms with van der Waals surface area (Å²) < 4.78 is 5.46. The standard InChI is InChI=1S/C13H25N3OS/c1-10(17-9-8-15-2)16-13(18-3)11-4-6-12(14)7-5-11/h8-12,15H,4-7,14H2,1-3H3/b9-8-,16-13?. The Morgan fingerprint density at radius 1 is 1.44 bits per heavy atom. The molecule has 0 saturated heterocycles. The van der Waals surface area contributed by atoms with Gasteiger partial charge in [-0.05, 0) is 38.9 Å². The molecular weight excluding hydrogens is 246 g/mol. The Kier molecular flexibility index (Phi) is 7.20. The van der Waals surface area contributed by atoms with Crippen molar-refractivity contribution in [3.8, 4) is 0 Å². The van der Waals surface area contributed by atoms with Crippen LogP contribution in [-0.4, -0.2) is 30.6 Å². The average molecular weight is 271 g/mol. The van der Waals surface area contributed by atoms with E-state index in [9.17, 15) is 0 Å². The normalized spacial score (nSPS) is 27.2. The summed E-state index contributed by atoms with van der Waals surface area (Å²) in [7, 11) is 1.84. The van der Waals surface area contributed by atoms with Gasteiger partial charge in [-0.25, -0.2) is 4.99 Å². The van der Waals surface area contributed by atoms with Crippen molar-refractivity contribution >= 4 is 16.8 Å². The zero-order valence-corrected chi connectivity index (χ0v) is 12.4. The molecule has 1 fully saturated rings. The molecule has 0 aromatic rings. The van der Waals surface area contributed by atoms with Crippen LogP contribution in [0, 0.1) is 5.92 Å².